The maximum Gasteiger partial charge on any atom is 0.321 e. The molecule has 1 aliphatic heterocycles. The summed E-state index contributed by atoms with van der Waals surface area (Å²) in [7, 11) is 0. The third-order valence-electron chi connectivity index (χ3n) is 4.78. The summed E-state index contributed by atoms with van der Waals surface area (Å²) < 4.78 is 12.9. The molecular weight excluding hydrogens is 331 g/mol. The lowest BCUT2D eigenvalue weighted by Gasteiger charge is -2.31. The number of anilines is 1. The van der Waals surface area contributed by atoms with Crippen molar-refractivity contribution in [3.63, 3.8) is 0 Å². The van der Waals surface area contributed by atoms with E-state index in [9.17, 15) is 9.18 Å². The topological polar surface area (TPSA) is 58.1 Å². The fourth-order valence-electron chi connectivity index (χ4n) is 3.31. The van der Waals surface area contributed by atoms with Crippen LogP contribution in [0.2, 0.25) is 0 Å². The van der Waals surface area contributed by atoms with Gasteiger partial charge in [0.25, 0.3) is 0 Å². The maximum absolute atomic E-state index is 12.9. The van der Waals surface area contributed by atoms with Crippen LogP contribution in [0.25, 0.3) is 11.0 Å². The maximum atomic E-state index is 12.9. The molecule has 132 valence electrons. The van der Waals surface area contributed by atoms with Crippen LogP contribution in [-0.4, -0.2) is 34.0 Å². The second kappa shape index (κ2) is 7.07. The number of fused-ring (bicyclic) bond motifs is 1. The fraction of sp³-hybridized carbons (Fsp3) is 0.250. The fourth-order valence-corrected chi connectivity index (χ4v) is 3.31. The number of pyridine rings is 2. The van der Waals surface area contributed by atoms with Crippen molar-refractivity contribution in [2.24, 2.45) is 0 Å². The molecule has 1 N–H and O–H groups in total. The summed E-state index contributed by atoms with van der Waals surface area (Å²) in [6.45, 7) is 1.33. The van der Waals surface area contributed by atoms with Gasteiger partial charge in [0.05, 0.1) is 0 Å². The van der Waals surface area contributed by atoms with Gasteiger partial charge in [-0.1, -0.05) is 0 Å². The van der Waals surface area contributed by atoms with Crippen LogP contribution in [-0.2, 0) is 0 Å². The molecule has 0 saturated carbocycles. The average molecular weight is 350 g/mol. The summed E-state index contributed by atoms with van der Waals surface area (Å²) in [6, 6.07) is 13.7. The molecule has 1 aromatic carbocycles. The van der Waals surface area contributed by atoms with Crippen LogP contribution in [0, 0.1) is 5.82 Å². The number of likely N-dealkylation sites (tertiary alicyclic amines) is 1. The minimum absolute atomic E-state index is 0.150. The van der Waals surface area contributed by atoms with Gasteiger partial charge in [-0.3, -0.25) is 0 Å². The van der Waals surface area contributed by atoms with Gasteiger partial charge in [-0.2, -0.15) is 0 Å². The molecule has 3 heterocycles. The number of carbonyl (C=O) groups is 1. The van der Waals surface area contributed by atoms with Gasteiger partial charge in [0.2, 0.25) is 0 Å². The van der Waals surface area contributed by atoms with E-state index in [1.807, 2.05) is 12.1 Å². The van der Waals surface area contributed by atoms with E-state index >= 15 is 0 Å². The van der Waals surface area contributed by atoms with Crippen molar-refractivity contribution in [1.29, 1.82) is 0 Å². The molecule has 0 spiro atoms. The zero-order valence-electron chi connectivity index (χ0n) is 14.2. The number of benzene rings is 1. The number of carbonyl (C=O) groups excluding carboxylic acids is 1. The lowest BCUT2D eigenvalue weighted by atomic mass is 9.93. The summed E-state index contributed by atoms with van der Waals surface area (Å²) in [5.41, 5.74) is 2.40. The third kappa shape index (κ3) is 3.49. The van der Waals surface area contributed by atoms with Crippen molar-refractivity contribution in [3.05, 3.63) is 66.2 Å². The predicted molar refractivity (Wildman–Crippen MR) is 98.5 cm³/mol. The number of aromatic nitrogens is 2. The van der Waals surface area contributed by atoms with E-state index in [2.05, 4.69) is 27.4 Å². The molecule has 5 nitrogen and oxygen atoms in total. The molecule has 0 bridgehead atoms. The first-order valence-corrected chi connectivity index (χ1v) is 8.72. The van der Waals surface area contributed by atoms with Crippen molar-refractivity contribution in [1.82, 2.24) is 14.9 Å². The number of halogens is 1. The highest BCUT2D eigenvalue weighted by Gasteiger charge is 2.24. The van der Waals surface area contributed by atoms with Crippen LogP contribution in [0.1, 0.15) is 24.5 Å². The minimum atomic E-state index is -0.318. The van der Waals surface area contributed by atoms with Gasteiger partial charge in [-0.25, -0.2) is 19.2 Å². The number of amides is 2. The zero-order valence-corrected chi connectivity index (χ0v) is 14.2. The van der Waals surface area contributed by atoms with Crippen molar-refractivity contribution in [3.8, 4) is 0 Å². The first kappa shape index (κ1) is 16.4. The molecule has 3 aromatic rings. The average Bonchev–Trinajstić information content (AvgIpc) is 2.69. The molecule has 4 rings (SSSR count). The number of rotatable bonds is 2. The van der Waals surface area contributed by atoms with Crippen LogP contribution in [0.3, 0.4) is 0 Å². The highest BCUT2D eigenvalue weighted by atomic mass is 19.1. The van der Waals surface area contributed by atoms with Crippen LogP contribution in [0.4, 0.5) is 14.9 Å². The number of piperidine rings is 1. The standard InChI is InChI=1S/C20H19FN4O/c21-16-4-6-17(7-5-16)23-20(26)25-12-9-14(10-13-25)18-8-3-15-2-1-11-22-19(15)24-18/h1-8,11,14H,9-10,12-13H2,(H,23,26). The molecule has 0 atom stereocenters. The second-order valence-corrected chi connectivity index (χ2v) is 6.48. The number of hydrogen-bond acceptors (Lipinski definition) is 3. The second-order valence-electron chi connectivity index (χ2n) is 6.48. The first-order valence-electron chi connectivity index (χ1n) is 8.72. The largest absolute Gasteiger partial charge is 0.324 e. The van der Waals surface area contributed by atoms with Crippen LogP contribution in [0.5, 0.6) is 0 Å². The Kier molecular flexibility index (Phi) is 4.48. The Morgan fingerprint density at radius 1 is 1.08 bits per heavy atom. The molecule has 1 saturated heterocycles. The smallest absolute Gasteiger partial charge is 0.321 e. The van der Waals surface area contributed by atoms with Crippen LogP contribution in [0.15, 0.2) is 54.7 Å². The van der Waals surface area contributed by atoms with Gasteiger partial charge < -0.3 is 10.2 Å². The third-order valence-corrected chi connectivity index (χ3v) is 4.78. The molecule has 2 amide bonds. The first-order chi connectivity index (χ1) is 12.7. The number of hydrogen-bond donors (Lipinski definition) is 1. The van der Waals surface area contributed by atoms with Crippen molar-refractivity contribution >= 4 is 22.8 Å². The van der Waals surface area contributed by atoms with Gasteiger partial charge in [0, 0.05) is 42.0 Å². The van der Waals surface area contributed by atoms with E-state index in [-0.39, 0.29) is 11.8 Å². The van der Waals surface area contributed by atoms with Crippen molar-refractivity contribution < 1.29 is 9.18 Å². The van der Waals surface area contributed by atoms with Gasteiger partial charge in [-0.05, 0) is 61.4 Å². The van der Waals surface area contributed by atoms with Crippen LogP contribution < -0.4 is 5.32 Å². The number of nitrogens with zero attached hydrogens (tertiary/aromatic N) is 3. The summed E-state index contributed by atoms with van der Waals surface area (Å²) in [5.74, 6) is 0.0115. The Labute approximate surface area is 150 Å². The molecular formula is C20H19FN4O. The Morgan fingerprint density at radius 3 is 2.62 bits per heavy atom. The van der Waals surface area contributed by atoms with Crippen LogP contribution >= 0.6 is 0 Å². The molecule has 0 aliphatic carbocycles. The Hall–Kier alpha value is -3.02. The quantitative estimate of drug-likeness (QED) is 0.754. The van der Waals surface area contributed by atoms with E-state index in [0.29, 0.717) is 24.7 Å². The molecule has 0 radical (unpaired) electrons. The summed E-state index contributed by atoms with van der Waals surface area (Å²) in [4.78, 5) is 23.2. The normalized spacial score (nSPS) is 15.2. The van der Waals surface area contributed by atoms with Gasteiger partial charge in [0.15, 0.2) is 5.65 Å². The predicted octanol–water partition coefficient (Wildman–Crippen LogP) is 4.18. The Bertz CT molecular complexity index is 921. The van der Waals surface area contributed by atoms with E-state index in [0.717, 1.165) is 29.6 Å². The summed E-state index contributed by atoms with van der Waals surface area (Å²) in [6.07, 6.45) is 3.48. The molecule has 2 aromatic heterocycles. The zero-order chi connectivity index (χ0) is 17.9. The Morgan fingerprint density at radius 2 is 1.85 bits per heavy atom. The monoisotopic (exact) mass is 350 g/mol. The molecule has 1 aliphatic rings. The van der Waals surface area contributed by atoms with E-state index < -0.39 is 0 Å². The SMILES string of the molecule is O=C(Nc1ccc(F)cc1)N1CCC(c2ccc3cccnc3n2)CC1. The van der Waals surface area contributed by atoms with E-state index in [1.165, 1.54) is 12.1 Å². The van der Waals surface area contributed by atoms with E-state index in [1.54, 1.807) is 23.2 Å². The van der Waals surface area contributed by atoms with Gasteiger partial charge >= 0.3 is 6.03 Å². The van der Waals surface area contributed by atoms with Gasteiger partial charge in [-0.15, -0.1) is 0 Å². The lowest BCUT2D eigenvalue weighted by molar-refractivity contribution is 0.194. The number of urea groups is 1. The summed E-state index contributed by atoms with van der Waals surface area (Å²) in [5, 5.41) is 3.85. The van der Waals surface area contributed by atoms with Gasteiger partial charge in [0.1, 0.15) is 5.82 Å². The van der Waals surface area contributed by atoms with Crippen molar-refractivity contribution in [2.75, 3.05) is 18.4 Å². The highest BCUT2D eigenvalue weighted by molar-refractivity contribution is 5.89. The Balaban J connectivity index is 1.38. The molecule has 0 unspecified atom stereocenters. The van der Waals surface area contributed by atoms with E-state index in [4.69, 9.17) is 0 Å². The lowest BCUT2D eigenvalue weighted by Crippen LogP contribution is -2.40. The van der Waals surface area contributed by atoms with Crippen molar-refractivity contribution in [2.45, 2.75) is 18.8 Å². The molecule has 6 heteroatoms. The number of nitrogens with one attached hydrogen (secondary N) is 1. The summed E-state index contributed by atoms with van der Waals surface area (Å²) >= 11 is 0. The molecule has 26 heavy (non-hydrogen) atoms. The highest BCUT2D eigenvalue weighted by Crippen LogP contribution is 2.28. The molecule has 1 fully saturated rings. The minimum Gasteiger partial charge on any atom is -0.324 e.